The van der Waals surface area contributed by atoms with Gasteiger partial charge in [0.2, 0.25) is 0 Å². The van der Waals surface area contributed by atoms with Crippen molar-refractivity contribution in [2.75, 3.05) is 6.54 Å². The Balaban J connectivity index is 1.81. The Morgan fingerprint density at radius 2 is 1.84 bits per heavy atom. The fourth-order valence-corrected chi connectivity index (χ4v) is 2.00. The number of phenols is 1. The maximum Gasteiger partial charge on any atom is 0.146 e. The lowest BCUT2D eigenvalue weighted by molar-refractivity contribution is 0.475. The minimum absolute atomic E-state index is 0.151. The molecule has 0 aliphatic heterocycles. The molecule has 0 fully saturated rings. The van der Waals surface area contributed by atoms with Crippen molar-refractivity contribution < 1.29 is 9.50 Å². The third kappa shape index (κ3) is 3.94. The molecule has 4 heteroatoms. The molecule has 19 heavy (non-hydrogen) atoms. The average molecular weight is 280 g/mol. The zero-order chi connectivity index (χ0) is 13.7. The SMILES string of the molecule is Oc1ccc(CCNCc2cccc(Cl)c2F)cc1. The largest absolute Gasteiger partial charge is 0.508 e. The molecule has 0 bridgehead atoms. The van der Waals surface area contributed by atoms with Crippen LogP contribution < -0.4 is 5.32 Å². The van der Waals surface area contributed by atoms with Crippen molar-refractivity contribution >= 4 is 11.6 Å². The molecule has 0 saturated heterocycles. The van der Waals surface area contributed by atoms with Crippen LogP contribution in [0.5, 0.6) is 5.75 Å². The lowest BCUT2D eigenvalue weighted by Gasteiger charge is -2.07. The van der Waals surface area contributed by atoms with Gasteiger partial charge in [0.25, 0.3) is 0 Å². The highest BCUT2D eigenvalue weighted by Crippen LogP contribution is 2.17. The van der Waals surface area contributed by atoms with Gasteiger partial charge in [-0.2, -0.15) is 0 Å². The van der Waals surface area contributed by atoms with E-state index in [-0.39, 0.29) is 16.6 Å². The summed E-state index contributed by atoms with van der Waals surface area (Å²) >= 11 is 5.71. The quantitative estimate of drug-likeness (QED) is 0.821. The molecule has 0 unspecified atom stereocenters. The standard InChI is InChI=1S/C15H15ClFNO/c16-14-3-1-2-12(15(14)17)10-18-9-8-11-4-6-13(19)7-5-11/h1-7,18-19H,8-10H2. The Kier molecular flexibility index (Phi) is 4.77. The molecule has 0 amide bonds. The van der Waals surface area contributed by atoms with E-state index < -0.39 is 0 Å². The summed E-state index contributed by atoms with van der Waals surface area (Å²) in [5.41, 5.74) is 1.69. The van der Waals surface area contributed by atoms with E-state index in [9.17, 15) is 4.39 Å². The smallest absolute Gasteiger partial charge is 0.146 e. The van der Waals surface area contributed by atoms with Gasteiger partial charge in [0.15, 0.2) is 0 Å². The van der Waals surface area contributed by atoms with E-state index in [1.807, 2.05) is 12.1 Å². The van der Waals surface area contributed by atoms with Gasteiger partial charge in [-0.15, -0.1) is 0 Å². The van der Waals surface area contributed by atoms with Crippen LogP contribution in [0.4, 0.5) is 4.39 Å². The van der Waals surface area contributed by atoms with E-state index in [0.717, 1.165) is 18.5 Å². The molecule has 0 aliphatic rings. The summed E-state index contributed by atoms with van der Waals surface area (Å²) in [4.78, 5) is 0. The number of phenolic OH excluding ortho intramolecular Hbond substituents is 1. The van der Waals surface area contributed by atoms with Crippen LogP contribution >= 0.6 is 11.6 Å². The van der Waals surface area contributed by atoms with E-state index in [4.69, 9.17) is 16.7 Å². The van der Waals surface area contributed by atoms with Crippen molar-refractivity contribution in [2.45, 2.75) is 13.0 Å². The first kappa shape index (κ1) is 13.8. The van der Waals surface area contributed by atoms with Gasteiger partial charge in [-0.05, 0) is 36.7 Å². The fraction of sp³-hybridized carbons (Fsp3) is 0.200. The van der Waals surface area contributed by atoms with Crippen molar-refractivity contribution in [2.24, 2.45) is 0 Å². The summed E-state index contributed by atoms with van der Waals surface area (Å²) in [6.45, 7) is 1.18. The molecule has 0 heterocycles. The zero-order valence-electron chi connectivity index (χ0n) is 10.4. The Morgan fingerprint density at radius 3 is 2.58 bits per heavy atom. The average Bonchev–Trinajstić information content (AvgIpc) is 2.41. The van der Waals surface area contributed by atoms with Crippen molar-refractivity contribution in [3.8, 4) is 5.75 Å². The van der Waals surface area contributed by atoms with E-state index in [1.165, 1.54) is 6.07 Å². The van der Waals surface area contributed by atoms with E-state index in [0.29, 0.717) is 12.1 Å². The second kappa shape index (κ2) is 6.55. The number of aromatic hydroxyl groups is 1. The molecule has 2 rings (SSSR count). The van der Waals surface area contributed by atoms with Crippen LogP contribution in [0.15, 0.2) is 42.5 Å². The number of hydrogen-bond acceptors (Lipinski definition) is 2. The van der Waals surface area contributed by atoms with E-state index in [1.54, 1.807) is 24.3 Å². The van der Waals surface area contributed by atoms with Crippen LogP contribution in [0, 0.1) is 5.82 Å². The van der Waals surface area contributed by atoms with Gasteiger partial charge in [-0.1, -0.05) is 35.9 Å². The number of halogens is 2. The summed E-state index contributed by atoms with van der Waals surface area (Å²) in [5, 5.41) is 12.5. The summed E-state index contributed by atoms with van der Waals surface area (Å²) < 4.78 is 13.6. The predicted molar refractivity (Wildman–Crippen MR) is 74.9 cm³/mol. The van der Waals surface area contributed by atoms with Crippen LogP contribution in [-0.2, 0) is 13.0 Å². The Hall–Kier alpha value is -1.58. The lowest BCUT2D eigenvalue weighted by atomic mass is 10.1. The highest BCUT2D eigenvalue weighted by molar-refractivity contribution is 6.30. The minimum atomic E-state index is -0.360. The highest BCUT2D eigenvalue weighted by Gasteiger charge is 2.05. The second-order valence-electron chi connectivity index (χ2n) is 4.31. The third-order valence-electron chi connectivity index (χ3n) is 2.87. The van der Waals surface area contributed by atoms with E-state index >= 15 is 0 Å². The topological polar surface area (TPSA) is 32.3 Å². The van der Waals surface area contributed by atoms with Crippen molar-refractivity contribution in [1.29, 1.82) is 0 Å². The van der Waals surface area contributed by atoms with Gasteiger partial charge >= 0.3 is 0 Å². The number of nitrogens with one attached hydrogen (secondary N) is 1. The van der Waals surface area contributed by atoms with Crippen LogP contribution in [0.3, 0.4) is 0 Å². The summed E-state index contributed by atoms with van der Waals surface area (Å²) in [5.74, 6) is -0.0981. The van der Waals surface area contributed by atoms with Crippen LogP contribution in [-0.4, -0.2) is 11.7 Å². The van der Waals surface area contributed by atoms with Crippen LogP contribution in [0.2, 0.25) is 5.02 Å². The van der Waals surface area contributed by atoms with Gasteiger partial charge in [-0.3, -0.25) is 0 Å². The first-order chi connectivity index (χ1) is 9.16. The maximum absolute atomic E-state index is 13.6. The molecule has 0 atom stereocenters. The first-order valence-corrected chi connectivity index (χ1v) is 6.46. The van der Waals surface area contributed by atoms with Crippen LogP contribution in [0.25, 0.3) is 0 Å². The molecule has 2 aromatic rings. The fourth-order valence-electron chi connectivity index (χ4n) is 1.80. The van der Waals surface area contributed by atoms with Gasteiger partial charge in [0, 0.05) is 12.1 Å². The molecule has 0 saturated carbocycles. The molecule has 2 aromatic carbocycles. The van der Waals surface area contributed by atoms with Gasteiger partial charge in [0.05, 0.1) is 5.02 Å². The lowest BCUT2D eigenvalue weighted by Crippen LogP contribution is -2.17. The number of hydrogen-bond donors (Lipinski definition) is 2. The first-order valence-electron chi connectivity index (χ1n) is 6.08. The minimum Gasteiger partial charge on any atom is -0.508 e. The Bertz CT molecular complexity index is 542. The molecule has 2 nitrogen and oxygen atoms in total. The normalized spacial score (nSPS) is 10.6. The summed E-state index contributed by atoms with van der Waals surface area (Å²) in [7, 11) is 0. The Morgan fingerprint density at radius 1 is 1.11 bits per heavy atom. The summed E-state index contributed by atoms with van der Waals surface area (Å²) in [6, 6.07) is 12.1. The van der Waals surface area contributed by atoms with Crippen molar-refractivity contribution in [3.63, 3.8) is 0 Å². The number of rotatable bonds is 5. The highest BCUT2D eigenvalue weighted by atomic mass is 35.5. The molecular weight excluding hydrogens is 265 g/mol. The predicted octanol–water partition coefficient (Wildman–Crippen LogP) is 3.52. The maximum atomic E-state index is 13.6. The molecular formula is C15H15ClFNO. The van der Waals surface area contributed by atoms with Gasteiger partial charge < -0.3 is 10.4 Å². The molecule has 0 aliphatic carbocycles. The second-order valence-corrected chi connectivity index (χ2v) is 4.71. The molecule has 0 radical (unpaired) electrons. The van der Waals surface area contributed by atoms with Gasteiger partial charge in [-0.25, -0.2) is 4.39 Å². The monoisotopic (exact) mass is 279 g/mol. The molecule has 2 N–H and O–H groups in total. The zero-order valence-corrected chi connectivity index (χ0v) is 11.1. The summed E-state index contributed by atoms with van der Waals surface area (Å²) in [6.07, 6.45) is 0.822. The third-order valence-corrected chi connectivity index (χ3v) is 3.17. The molecule has 0 aromatic heterocycles. The van der Waals surface area contributed by atoms with Crippen molar-refractivity contribution in [1.82, 2.24) is 5.32 Å². The van der Waals surface area contributed by atoms with Crippen LogP contribution in [0.1, 0.15) is 11.1 Å². The number of benzene rings is 2. The molecule has 100 valence electrons. The van der Waals surface area contributed by atoms with Crippen molar-refractivity contribution in [3.05, 3.63) is 64.4 Å². The Labute approximate surface area is 116 Å². The molecule has 0 spiro atoms. The van der Waals surface area contributed by atoms with Gasteiger partial charge in [0.1, 0.15) is 11.6 Å². The van der Waals surface area contributed by atoms with E-state index in [2.05, 4.69) is 5.32 Å².